The van der Waals surface area contributed by atoms with Crippen LogP contribution in [0.1, 0.15) is 5.56 Å². The van der Waals surface area contributed by atoms with Crippen molar-refractivity contribution in [2.45, 2.75) is 5.33 Å². The molecule has 0 aliphatic carbocycles. The highest BCUT2D eigenvalue weighted by atomic mass is 79.9. The Labute approximate surface area is 90.3 Å². The number of fused-ring (bicyclic) bond motifs is 1. The molecule has 0 spiro atoms. The quantitative estimate of drug-likeness (QED) is 0.771. The maximum atomic E-state index is 5.08. The van der Waals surface area contributed by atoms with Crippen LogP contribution in [0.3, 0.4) is 0 Å². The van der Waals surface area contributed by atoms with Gasteiger partial charge in [0.1, 0.15) is 5.75 Å². The highest BCUT2D eigenvalue weighted by Crippen LogP contribution is 2.20. The average molecular weight is 253 g/mol. The highest BCUT2D eigenvalue weighted by molar-refractivity contribution is 9.08. The maximum absolute atomic E-state index is 5.08. The summed E-state index contributed by atoms with van der Waals surface area (Å²) in [5.41, 5.74) is 2.92. The summed E-state index contributed by atoms with van der Waals surface area (Å²) in [5.74, 6) is 0.733. The largest absolute Gasteiger partial charge is 0.495 e. The van der Waals surface area contributed by atoms with E-state index in [0.717, 1.165) is 27.7 Å². The smallest absolute Gasteiger partial charge is 0.139 e. The Kier molecular flexibility index (Phi) is 2.63. The Hall–Kier alpha value is -1.16. The molecular formula is C10H9BrN2O. The van der Waals surface area contributed by atoms with Crippen LogP contribution in [0, 0.1) is 0 Å². The monoisotopic (exact) mass is 252 g/mol. The number of rotatable bonds is 2. The van der Waals surface area contributed by atoms with Crippen molar-refractivity contribution in [3.63, 3.8) is 0 Å². The summed E-state index contributed by atoms with van der Waals surface area (Å²) >= 11 is 3.42. The van der Waals surface area contributed by atoms with E-state index < -0.39 is 0 Å². The molecule has 0 aromatic carbocycles. The molecule has 3 nitrogen and oxygen atoms in total. The van der Waals surface area contributed by atoms with Crippen LogP contribution in [-0.2, 0) is 5.33 Å². The van der Waals surface area contributed by atoms with E-state index in [4.69, 9.17) is 4.74 Å². The van der Waals surface area contributed by atoms with Crippen LogP contribution in [0.15, 0.2) is 24.5 Å². The molecule has 0 radical (unpaired) electrons. The number of aromatic nitrogens is 2. The molecule has 0 fully saturated rings. The van der Waals surface area contributed by atoms with Gasteiger partial charge in [0.05, 0.1) is 24.3 Å². The van der Waals surface area contributed by atoms with Crippen LogP contribution in [-0.4, -0.2) is 17.1 Å². The zero-order valence-electron chi connectivity index (χ0n) is 7.70. The molecule has 0 saturated carbocycles. The molecule has 14 heavy (non-hydrogen) atoms. The summed E-state index contributed by atoms with van der Waals surface area (Å²) in [6.07, 6.45) is 3.48. The van der Waals surface area contributed by atoms with Gasteiger partial charge in [0.25, 0.3) is 0 Å². The molecule has 2 rings (SSSR count). The normalized spacial score (nSPS) is 10.4. The molecule has 0 amide bonds. The molecule has 2 aromatic rings. The van der Waals surface area contributed by atoms with E-state index >= 15 is 0 Å². The molecule has 0 N–H and O–H groups in total. The zero-order chi connectivity index (χ0) is 9.97. The van der Waals surface area contributed by atoms with E-state index in [-0.39, 0.29) is 0 Å². The Balaban J connectivity index is 2.67. The molecule has 2 aromatic heterocycles. The van der Waals surface area contributed by atoms with Gasteiger partial charge in [0.2, 0.25) is 0 Å². The van der Waals surface area contributed by atoms with E-state index in [1.165, 1.54) is 0 Å². The molecule has 0 aliphatic heterocycles. The lowest BCUT2D eigenvalue weighted by atomic mass is 10.2. The SMILES string of the molecule is COc1cnc2c(CBr)ccnc2c1. The summed E-state index contributed by atoms with van der Waals surface area (Å²) in [7, 11) is 1.62. The van der Waals surface area contributed by atoms with Crippen molar-refractivity contribution in [2.75, 3.05) is 7.11 Å². The third-order valence-electron chi connectivity index (χ3n) is 2.02. The predicted molar refractivity (Wildman–Crippen MR) is 58.7 cm³/mol. The third kappa shape index (κ3) is 1.57. The lowest BCUT2D eigenvalue weighted by molar-refractivity contribution is 0.413. The summed E-state index contributed by atoms with van der Waals surface area (Å²) in [6, 6.07) is 3.84. The minimum absolute atomic E-state index is 0.733. The van der Waals surface area contributed by atoms with E-state index in [2.05, 4.69) is 25.9 Å². The molecule has 0 bridgehead atoms. The van der Waals surface area contributed by atoms with Crippen molar-refractivity contribution in [1.82, 2.24) is 9.97 Å². The molecule has 0 saturated heterocycles. The van der Waals surface area contributed by atoms with Gasteiger partial charge < -0.3 is 4.74 Å². The first-order valence-electron chi connectivity index (χ1n) is 4.18. The fraction of sp³-hybridized carbons (Fsp3) is 0.200. The number of ether oxygens (including phenoxy) is 1. The number of methoxy groups -OCH3 is 1. The van der Waals surface area contributed by atoms with Crippen LogP contribution >= 0.6 is 15.9 Å². The van der Waals surface area contributed by atoms with E-state index in [1.807, 2.05) is 12.1 Å². The standard InChI is InChI=1S/C10H9BrN2O/c1-14-8-4-9-10(13-6-8)7(5-11)2-3-12-9/h2-4,6H,5H2,1H3. The number of halogens is 1. The predicted octanol–water partition coefficient (Wildman–Crippen LogP) is 2.53. The van der Waals surface area contributed by atoms with Crippen LogP contribution in [0.4, 0.5) is 0 Å². The lowest BCUT2D eigenvalue weighted by Crippen LogP contribution is -1.90. The first-order valence-corrected chi connectivity index (χ1v) is 5.31. The van der Waals surface area contributed by atoms with Crippen LogP contribution in [0.5, 0.6) is 5.75 Å². The molecule has 0 atom stereocenters. The van der Waals surface area contributed by atoms with Gasteiger partial charge in [-0.1, -0.05) is 15.9 Å². The molecule has 0 unspecified atom stereocenters. The summed E-state index contributed by atoms with van der Waals surface area (Å²) < 4.78 is 5.08. The van der Waals surface area contributed by atoms with Crippen molar-refractivity contribution < 1.29 is 4.74 Å². The van der Waals surface area contributed by atoms with E-state index in [1.54, 1.807) is 19.5 Å². The second-order valence-electron chi connectivity index (χ2n) is 2.85. The van der Waals surface area contributed by atoms with Crippen LogP contribution in [0.25, 0.3) is 11.0 Å². The number of alkyl halides is 1. The first kappa shape index (κ1) is 9.40. The summed E-state index contributed by atoms with van der Waals surface area (Å²) in [5, 5.41) is 0.783. The number of nitrogens with zero attached hydrogens (tertiary/aromatic N) is 2. The van der Waals surface area contributed by atoms with Gasteiger partial charge >= 0.3 is 0 Å². The maximum Gasteiger partial charge on any atom is 0.139 e. The van der Waals surface area contributed by atoms with Crippen molar-refractivity contribution >= 4 is 27.0 Å². The fourth-order valence-corrected chi connectivity index (χ4v) is 1.74. The molecule has 0 aliphatic rings. The van der Waals surface area contributed by atoms with Crippen molar-refractivity contribution in [2.24, 2.45) is 0 Å². The molecule has 2 heterocycles. The second-order valence-corrected chi connectivity index (χ2v) is 3.41. The van der Waals surface area contributed by atoms with Crippen LogP contribution in [0.2, 0.25) is 0 Å². The average Bonchev–Trinajstić information content (AvgIpc) is 2.27. The van der Waals surface area contributed by atoms with Crippen LogP contribution < -0.4 is 4.74 Å². The number of hydrogen-bond acceptors (Lipinski definition) is 3. The fourth-order valence-electron chi connectivity index (χ4n) is 1.29. The van der Waals surface area contributed by atoms with Crippen molar-refractivity contribution in [3.05, 3.63) is 30.1 Å². The molecular weight excluding hydrogens is 244 g/mol. The Bertz CT molecular complexity index is 459. The van der Waals surface area contributed by atoms with Gasteiger partial charge in [-0.15, -0.1) is 0 Å². The number of pyridine rings is 2. The lowest BCUT2D eigenvalue weighted by Gasteiger charge is -2.03. The van der Waals surface area contributed by atoms with Gasteiger partial charge in [-0.2, -0.15) is 0 Å². The van der Waals surface area contributed by atoms with Crippen molar-refractivity contribution in [3.8, 4) is 5.75 Å². The zero-order valence-corrected chi connectivity index (χ0v) is 9.28. The number of hydrogen-bond donors (Lipinski definition) is 0. The van der Waals surface area contributed by atoms with Gasteiger partial charge in [0, 0.05) is 17.6 Å². The van der Waals surface area contributed by atoms with Gasteiger partial charge in [-0.25, -0.2) is 0 Å². The molecule has 72 valence electrons. The topological polar surface area (TPSA) is 35.0 Å². The third-order valence-corrected chi connectivity index (χ3v) is 2.62. The summed E-state index contributed by atoms with van der Waals surface area (Å²) in [6.45, 7) is 0. The Morgan fingerprint density at radius 3 is 3.00 bits per heavy atom. The molecule has 4 heteroatoms. The Morgan fingerprint density at radius 2 is 2.29 bits per heavy atom. The summed E-state index contributed by atoms with van der Waals surface area (Å²) in [4.78, 5) is 8.54. The minimum atomic E-state index is 0.733. The van der Waals surface area contributed by atoms with E-state index in [9.17, 15) is 0 Å². The van der Waals surface area contributed by atoms with E-state index in [0.29, 0.717) is 0 Å². The van der Waals surface area contributed by atoms with Crippen molar-refractivity contribution in [1.29, 1.82) is 0 Å². The van der Waals surface area contributed by atoms with Gasteiger partial charge in [0.15, 0.2) is 0 Å². The Morgan fingerprint density at radius 1 is 1.43 bits per heavy atom. The first-order chi connectivity index (χ1) is 6.85. The second kappa shape index (κ2) is 3.92. The van der Waals surface area contributed by atoms with Gasteiger partial charge in [-0.3, -0.25) is 9.97 Å². The highest BCUT2D eigenvalue weighted by Gasteiger charge is 2.03. The minimum Gasteiger partial charge on any atom is -0.495 e. The van der Waals surface area contributed by atoms with Gasteiger partial charge in [-0.05, 0) is 11.6 Å².